The Kier molecular flexibility index (Phi) is 4.41. The quantitative estimate of drug-likeness (QED) is 0.707. The van der Waals surface area contributed by atoms with Crippen LogP contribution in [-0.4, -0.2) is 12.3 Å². The first-order chi connectivity index (χ1) is 12.2. The fourth-order valence-electron chi connectivity index (χ4n) is 2.50. The zero-order valence-electron chi connectivity index (χ0n) is 13.4. The third-order valence-electron chi connectivity index (χ3n) is 3.65. The molecule has 0 aliphatic carbocycles. The standard InChI is InChI=1S/C18H12F3NO4/c1-10-13-4-2-3-5-14(13)25-17(24)15(10)16(23)22-11-6-8-12(9-7-11)26-18(19,20)21/h2-9H,1H3,(H,22,23). The molecule has 0 atom stereocenters. The number of alkyl halides is 3. The smallest absolute Gasteiger partial charge is 0.422 e. The van der Waals surface area contributed by atoms with E-state index in [1.165, 1.54) is 12.1 Å². The molecule has 0 saturated heterocycles. The van der Waals surface area contributed by atoms with E-state index in [4.69, 9.17) is 4.42 Å². The second kappa shape index (κ2) is 6.55. The van der Waals surface area contributed by atoms with E-state index in [0.717, 1.165) is 12.1 Å². The number of carbonyl (C=O) groups is 1. The van der Waals surface area contributed by atoms with Crippen LogP contribution in [0.4, 0.5) is 18.9 Å². The summed E-state index contributed by atoms with van der Waals surface area (Å²) in [5.41, 5.74) is 0.0538. The van der Waals surface area contributed by atoms with Crippen LogP contribution in [0.15, 0.2) is 57.7 Å². The van der Waals surface area contributed by atoms with Gasteiger partial charge in [0.15, 0.2) is 0 Å². The lowest BCUT2D eigenvalue weighted by Gasteiger charge is -2.11. The summed E-state index contributed by atoms with van der Waals surface area (Å²) in [4.78, 5) is 24.6. The Balaban J connectivity index is 1.87. The number of fused-ring (bicyclic) bond motifs is 1. The van der Waals surface area contributed by atoms with Crippen LogP contribution in [0.5, 0.6) is 5.75 Å². The summed E-state index contributed by atoms with van der Waals surface area (Å²) in [6.45, 7) is 1.62. The van der Waals surface area contributed by atoms with Gasteiger partial charge in [-0.3, -0.25) is 4.79 Å². The molecular formula is C18H12F3NO4. The minimum Gasteiger partial charge on any atom is -0.422 e. The van der Waals surface area contributed by atoms with E-state index in [9.17, 15) is 22.8 Å². The summed E-state index contributed by atoms with van der Waals surface area (Å²) in [6, 6.07) is 11.4. The van der Waals surface area contributed by atoms with Crippen LogP contribution < -0.4 is 15.7 Å². The lowest BCUT2D eigenvalue weighted by Crippen LogP contribution is -2.22. The Hall–Kier alpha value is -3.29. The first-order valence-corrected chi connectivity index (χ1v) is 7.44. The van der Waals surface area contributed by atoms with Crippen LogP contribution in [-0.2, 0) is 0 Å². The maximum atomic E-state index is 12.4. The number of rotatable bonds is 3. The number of para-hydroxylation sites is 1. The number of ether oxygens (including phenoxy) is 1. The van der Waals surface area contributed by atoms with Crippen LogP contribution in [0.25, 0.3) is 11.0 Å². The van der Waals surface area contributed by atoms with Crippen LogP contribution in [0.3, 0.4) is 0 Å². The monoisotopic (exact) mass is 363 g/mol. The van der Waals surface area contributed by atoms with Gasteiger partial charge in [-0.25, -0.2) is 4.79 Å². The first kappa shape index (κ1) is 17.5. The number of anilines is 1. The van der Waals surface area contributed by atoms with Crippen molar-refractivity contribution in [1.82, 2.24) is 0 Å². The van der Waals surface area contributed by atoms with Crippen LogP contribution in [0.1, 0.15) is 15.9 Å². The number of amides is 1. The van der Waals surface area contributed by atoms with Gasteiger partial charge >= 0.3 is 12.0 Å². The number of carbonyl (C=O) groups excluding carboxylic acids is 1. The molecule has 0 saturated carbocycles. The van der Waals surface area contributed by atoms with Crippen molar-refractivity contribution in [1.29, 1.82) is 0 Å². The minimum absolute atomic E-state index is 0.167. The van der Waals surface area contributed by atoms with Gasteiger partial charge in [-0.05, 0) is 42.8 Å². The van der Waals surface area contributed by atoms with Gasteiger partial charge in [0.1, 0.15) is 16.9 Å². The zero-order valence-corrected chi connectivity index (χ0v) is 13.4. The van der Waals surface area contributed by atoms with Crippen molar-refractivity contribution in [3.8, 4) is 5.75 Å². The van der Waals surface area contributed by atoms with E-state index in [-0.39, 0.29) is 11.3 Å². The average Bonchev–Trinajstić information content (AvgIpc) is 2.55. The highest BCUT2D eigenvalue weighted by molar-refractivity contribution is 6.07. The van der Waals surface area contributed by atoms with Crippen molar-refractivity contribution in [2.24, 2.45) is 0 Å². The summed E-state index contributed by atoms with van der Waals surface area (Å²) in [6.07, 6.45) is -4.80. The van der Waals surface area contributed by atoms with Crippen molar-refractivity contribution in [2.75, 3.05) is 5.32 Å². The van der Waals surface area contributed by atoms with Crippen molar-refractivity contribution >= 4 is 22.6 Å². The molecule has 0 fully saturated rings. The Bertz CT molecular complexity index is 1020. The predicted molar refractivity (Wildman–Crippen MR) is 88.3 cm³/mol. The van der Waals surface area contributed by atoms with Gasteiger partial charge in [-0.2, -0.15) is 0 Å². The summed E-state index contributed by atoms with van der Waals surface area (Å²) in [5, 5.41) is 3.08. The highest BCUT2D eigenvalue weighted by Crippen LogP contribution is 2.24. The molecule has 1 N–H and O–H groups in total. The van der Waals surface area contributed by atoms with E-state index in [1.54, 1.807) is 31.2 Å². The Morgan fingerprint density at radius 3 is 2.38 bits per heavy atom. The summed E-state index contributed by atoms with van der Waals surface area (Å²) < 4.78 is 45.4. The molecule has 8 heteroatoms. The van der Waals surface area contributed by atoms with Crippen molar-refractivity contribution in [3.05, 3.63) is 70.1 Å². The number of aryl methyl sites for hydroxylation is 1. The molecule has 3 aromatic rings. The first-order valence-electron chi connectivity index (χ1n) is 7.44. The van der Waals surface area contributed by atoms with Gasteiger partial charge in [0.25, 0.3) is 5.91 Å². The summed E-state index contributed by atoms with van der Waals surface area (Å²) in [7, 11) is 0. The van der Waals surface area contributed by atoms with E-state index in [0.29, 0.717) is 16.5 Å². The van der Waals surface area contributed by atoms with Gasteiger partial charge in [-0.15, -0.1) is 13.2 Å². The van der Waals surface area contributed by atoms with Crippen LogP contribution in [0.2, 0.25) is 0 Å². The van der Waals surface area contributed by atoms with Crippen LogP contribution >= 0.6 is 0 Å². The summed E-state index contributed by atoms with van der Waals surface area (Å²) in [5.74, 6) is -1.14. The Labute approximate surface area is 145 Å². The number of hydrogen-bond donors (Lipinski definition) is 1. The normalized spacial score (nSPS) is 11.4. The number of benzene rings is 2. The lowest BCUT2D eigenvalue weighted by molar-refractivity contribution is -0.274. The molecule has 1 amide bonds. The Morgan fingerprint density at radius 1 is 1.08 bits per heavy atom. The molecule has 0 bridgehead atoms. The molecular weight excluding hydrogens is 351 g/mol. The van der Waals surface area contributed by atoms with E-state index < -0.39 is 23.6 Å². The number of nitrogens with one attached hydrogen (secondary N) is 1. The maximum absolute atomic E-state index is 12.4. The van der Waals surface area contributed by atoms with Crippen LogP contribution in [0, 0.1) is 6.92 Å². The average molecular weight is 363 g/mol. The second-order valence-corrected chi connectivity index (χ2v) is 5.41. The number of halogens is 3. The molecule has 5 nitrogen and oxygen atoms in total. The fourth-order valence-corrected chi connectivity index (χ4v) is 2.50. The SMILES string of the molecule is Cc1c(C(=O)Nc2ccc(OC(F)(F)F)cc2)c(=O)oc2ccccc12. The van der Waals surface area contributed by atoms with Gasteiger partial charge in [0.05, 0.1) is 0 Å². The second-order valence-electron chi connectivity index (χ2n) is 5.41. The molecule has 2 aromatic carbocycles. The molecule has 0 radical (unpaired) electrons. The molecule has 1 aromatic heterocycles. The van der Waals surface area contributed by atoms with E-state index >= 15 is 0 Å². The Morgan fingerprint density at radius 2 is 1.73 bits per heavy atom. The van der Waals surface area contributed by atoms with Gasteiger partial charge in [0, 0.05) is 11.1 Å². The lowest BCUT2D eigenvalue weighted by atomic mass is 10.1. The molecule has 134 valence electrons. The summed E-state index contributed by atoms with van der Waals surface area (Å²) >= 11 is 0. The molecule has 0 aliphatic heterocycles. The minimum atomic E-state index is -4.80. The van der Waals surface area contributed by atoms with Gasteiger partial charge in [-0.1, -0.05) is 18.2 Å². The highest BCUT2D eigenvalue weighted by atomic mass is 19.4. The molecule has 3 rings (SSSR count). The van der Waals surface area contributed by atoms with Crippen molar-refractivity contribution in [2.45, 2.75) is 13.3 Å². The number of hydrogen-bond acceptors (Lipinski definition) is 4. The largest absolute Gasteiger partial charge is 0.573 e. The fraction of sp³-hybridized carbons (Fsp3) is 0.111. The predicted octanol–water partition coefficient (Wildman–Crippen LogP) is 4.25. The molecule has 0 unspecified atom stereocenters. The van der Waals surface area contributed by atoms with Crippen molar-refractivity contribution < 1.29 is 27.1 Å². The topological polar surface area (TPSA) is 68.5 Å². The van der Waals surface area contributed by atoms with Gasteiger partial charge in [0.2, 0.25) is 0 Å². The van der Waals surface area contributed by atoms with E-state index in [2.05, 4.69) is 10.1 Å². The van der Waals surface area contributed by atoms with Crippen molar-refractivity contribution in [3.63, 3.8) is 0 Å². The molecule has 0 aliphatic rings. The maximum Gasteiger partial charge on any atom is 0.573 e. The molecule has 26 heavy (non-hydrogen) atoms. The zero-order chi connectivity index (χ0) is 18.9. The van der Waals surface area contributed by atoms with E-state index in [1.807, 2.05) is 0 Å². The molecule has 0 spiro atoms. The third kappa shape index (κ3) is 3.69. The van der Waals surface area contributed by atoms with Gasteiger partial charge < -0.3 is 14.5 Å². The highest BCUT2D eigenvalue weighted by Gasteiger charge is 2.31. The molecule has 1 heterocycles. The third-order valence-corrected chi connectivity index (χ3v) is 3.65.